The lowest BCUT2D eigenvalue weighted by Crippen LogP contribution is -2.30. The highest BCUT2D eigenvalue weighted by Gasteiger charge is 1.98. The summed E-state index contributed by atoms with van der Waals surface area (Å²) < 4.78 is 2.09. The lowest BCUT2D eigenvalue weighted by Gasteiger charge is -1.96. The molecule has 0 bridgehead atoms. The first-order valence-electron chi connectivity index (χ1n) is 7.61. The first kappa shape index (κ1) is 14.8. The SMILES string of the molecule is C[n+]1ccccc1/C=C/c1cccc(C#Cc2ccccc2)c1. The van der Waals surface area contributed by atoms with Crippen LogP contribution in [0.2, 0.25) is 0 Å². The van der Waals surface area contributed by atoms with Crippen molar-refractivity contribution in [3.05, 3.63) is 101 Å². The Balaban J connectivity index is 1.81. The highest BCUT2D eigenvalue weighted by Crippen LogP contribution is 2.08. The van der Waals surface area contributed by atoms with Crippen molar-refractivity contribution in [2.24, 2.45) is 7.05 Å². The van der Waals surface area contributed by atoms with Gasteiger partial charge >= 0.3 is 0 Å². The molecule has 0 radical (unpaired) electrons. The third kappa shape index (κ3) is 4.18. The standard InChI is InChI=1S/C22H18N/c1-23-17-6-5-12-22(23)16-15-21-11-7-10-20(18-21)14-13-19-8-3-2-4-9-19/h2-12,15-18H,1H3/q+1/b16-15+. The van der Waals surface area contributed by atoms with Gasteiger partial charge in [0.2, 0.25) is 5.69 Å². The van der Waals surface area contributed by atoms with Crippen LogP contribution < -0.4 is 4.57 Å². The van der Waals surface area contributed by atoms with Crippen molar-refractivity contribution in [3.63, 3.8) is 0 Å². The highest BCUT2D eigenvalue weighted by molar-refractivity contribution is 5.67. The van der Waals surface area contributed by atoms with Crippen molar-refractivity contribution in [3.8, 4) is 11.8 Å². The second-order valence-corrected chi connectivity index (χ2v) is 5.31. The molecule has 0 amide bonds. The van der Waals surface area contributed by atoms with Crippen LogP contribution in [0.4, 0.5) is 0 Å². The lowest BCUT2D eigenvalue weighted by atomic mass is 10.1. The zero-order valence-corrected chi connectivity index (χ0v) is 13.1. The van der Waals surface area contributed by atoms with E-state index in [1.165, 1.54) is 0 Å². The molecule has 0 saturated heterocycles. The fraction of sp³-hybridized carbons (Fsp3) is 0.0455. The zero-order chi connectivity index (χ0) is 15.9. The smallest absolute Gasteiger partial charge is 0.202 e. The fourth-order valence-corrected chi connectivity index (χ4v) is 2.28. The zero-order valence-electron chi connectivity index (χ0n) is 13.1. The molecule has 0 fully saturated rings. The van der Waals surface area contributed by atoms with E-state index in [-0.39, 0.29) is 0 Å². The molecular formula is C22H18N+. The van der Waals surface area contributed by atoms with Gasteiger partial charge in [-0.2, -0.15) is 0 Å². The molecule has 0 aliphatic heterocycles. The molecular weight excluding hydrogens is 278 g/mol. The van der Waals surface area contributed by atoms with Crippen LogP contribution in [-0.4, -0.2) is 0 Å². The largest absolute Gasteiger partial charge is 0.204 e. The molecule has 23 heavy (non-hydrogen) atoms. The van der Waals surface area contributed by atoms with Crippen molar-refractivity contribution in [1.82, 2.24) is 0 Å². The van der Waals surface area contributed by atoms with E-state index < -0.39 is 0 Å². The molecule has 3 aromatic rings. The van der Waals surface area contributed by atoms with Gasteiger partial charge in [-0.05, 0) is 42.0 Å². The second kappa shape index (κ2) is 7.24. The van der Waals surface area contributed by atoms with E-state index in [1.54, 1.807) is 0 Å². The summed E-state index contributed by atoms with van der Waals surface area (Å²) in [7, 11) is 2.04. The van der Waals surface area contributed by atoms with Gasteiger partial charge in [0.15, 0.2) is 6.20 Å². The van der Waals surface area contributed by atoms with Gasteiger partial charge < -0.3 is 0 Å². The van der Waals surface area contributed by atoms with Gasteiger partial charge in [0.05, 0.1) is 0 Å². The maximum absolute atomic E-state index is 3.22. The minimum Gasteiger partial charge on any atom is -0.202 e. The molecule has 0 aliphatic carbocycles. The van der Waals surface area contributed by atoms with Crippen LogP contribution in [0.15, 0.2) is 79.0 Å². The van der Waals surface area contributed by atoms with Gasteiger partial charge in [0.1, 0.15) is 7.05 Å². The summed E-state index contributed by atoms with van der Waals surface area (Å²) in [5.74, 6) is 6.41. The van der Waals surface area contributed by atoms with Crippen molar-refractivity contribution in [2.45, 2.75) is 0 Å². The van der Waals surface area contributed by atoms with Gasteiger partial charge in [-0.3, -0.25) is 0 Å². The lowest BCUT2D eigenvalue weighted by molar-refractivity contribution is -0.673. The average Bonchev–Trinajstić information content (AvgIpc) is 2.61. The minimum atomic E-state index is 1.02. The van der Waals surface area contributed by atoms with E-state index in [1.807, 2.05) is 67.8 Å². The normalized spacial score (nSPS) is 10.3. The van der Waals surface area contributed by atoms with Crippen molar-refractivity contribution < 1.29 is 4.57 Å². The number of pyridine rings is 1. The van der Waals surface area contributed by atoms with Crippen LogP contribution in [0.5, 0.6) is 0 Å². The topological polar surface area (TPSA) is 3.88 Å². The summed E-state index contributed by atoms with van der Waals surface area (Å²) in [4.78, 5) is 0. The molecule has 1 heteroatoms. The Morgan fingerprint density at radius 3 is 2.30 bits per heavy atom. The van der Waals surface area contributed by atoms with Gasteiger partial charge in [-0.1, -0.05) is 42.2 Å². The summed E-state index contributed by atoms with van der Waals surface area (Å²) in [6.45, 7) is 0. The molecule has 1 aromatic heterocycles. The first-order valence-corrected chi connectivity index (χ1v) is 7.61. The summed E-state index contributed by atoms with van der Waals surface area (Å²) in [5.41, 5.74) is 4.36. The maximum atomic E-state index is 3.22. The van der Waals surface area contributed by atoms with Gasteiger partial charge in [0.25, 0.3) is 0 Å². The average molecular weight is 296 g/mol. The fourth-order valence-electron chi connectivity index (χ4n) is 2.28. The summed E-state index contributed by atoms with van der Waals surface area (Å²) in [6, 6.07) is 24.5. The molecule has 0 aliphatic rings. The monoisotopic (exact) mass is 296 g/mol. The molecule has 0 N–H and O–H groups in total. The number of hydrogen-bond donors (Lipinski definition) is 0. The Labute approximate surface area is 137 Å². The van der Waals surface area contributed by atoms with Crippen LogP contribution in [-0.2, 0) is 7.05 Å². The molecule has 2 aromatic carbocycles. The molecule has 110 valence electrons. The maximum Gasteiger partial charge on any atom is 0.204 e. The number of nitrogens with zero attached hydrogens (tertiary/aromatic N) is 1. The van der Waals surface area contributed by atoms with Gasteiger partial charge in [0, 0.05) is 29.3 Å². The molecule has 0 atom stereocenters. The van der Waals surface area contributed by atoms with Crippen LogP contribution in [0.25, 0.3) is 12.2 Å². The van der Waals surface area contributed by atoms with Crippen molar-refractivity contribution in [2.75, 3.05) is 0 Å². The Bertz CT molecular complexity index is 880. The van der Waals surface area contributed by atoms with E-state index >= 15 is 0 Å². The van der Waals surface area contributed by atoms with Crippen LogP contribution in [0, 0.1) is 11.8 Å². The Morgan fingerprint density at radius 1 is 0.739 bits per heavy atom. The van der Waals surface area contributed by atoms with E-state index in [9.17, 15) is 0 Å². The van der Waals surface area contributed by atoms with Crippen LogP contribution in [0.3, 0.4) is 0 Å². The molecule has 0 unspecified atom stereocenters. The third-order valence-corrected chi connectivity index (χ3v) is 3.55. The molecule has 1 heterocycles. The van der Waals surface area contributed by atoms with E-state index in [0.717, 1.165) is 22.4 Å². The predicted octanol–water partition coefficient (Wildman–Crippen LogP) is 4.08. The van der Waals surface area contributed by atoms with Crippen LogP contribution in [0.1, 0.15) is 22.4 Å². The summed E-state index contributed by atoms with van der Waals surface area (Å²) >= 11 is 0. The first-order chi connectivity index (χ1) is 11.3. The molecule has 0 saturated carbocycles. The van der Waals surface area contributed by atoms with Gasteiger partial charge in [-0.15, -0.1) is 0 Å². The predicted molar refractivity (Wildman–Crippen MR) is 95.4 cm³/mol. The van der Waals surface area contributed by atoms with Crippen molar-refractivity contribution >= 4 is 12.2 Å². The number of aryl methyl sites for hydroxylation is 1. The summed E-state index contributed by atoms with van der Waals surface area (Å²) in [5, 5.41) is 0. The molecule has 0 spiro atoms. The van der Waals surface area contributed by atoms with Crippen molar-refractivity contribution in [1.29, 1.82) is 0 Å². The van der Waals surface area contributed by atoms with E-state index in [0.29, 0.717) is 0 Å². The third-order valence-electron chi connectivity index (χ3n) is 3.55. The molecule has 3 rings (SSSR count). The number of hydrogen-bond acceptors (Lipinski definition) is 0. The number of benzene rings is 2. The summed E-state index contributed by atoms with van der Waals surface area (Å²) in [6.07, 6.45) is 6.27. The Hall–Kier alpha value is -3.11. The quantitative estimate of drug-likeness (QED) is 0.495. The second-order valence-electron chi connectivity index (χ2n) is 5.31. The minimum absolute atomic E-state index is 1.02. The Morgan fingerprint density at radius 2 is 1.48 bits per heavy atom. The number of rotatable bonds is 2. The Kier molecular flexibility index (Phi) is 4.66. The number of aromatic nitrogens is 1. The van der Waals surface area contributed by atoms with E-state index in [4.69, 9.17) is 0 Å². The van der Waals surface area contributed by atoms with Crippen LogP contribution >= 0.6 is 0 Å². The highest BCUT2D eigenvalue weighted by atomic mass is 14.9. The van der Waals surface area contributed by atoms with Gasteiger partial charge in [-0.25, -0.2) is 4.57 Å². The molecule has 1 nitrogen and oxygen atoms in total. The van der Waals surface area contributed by atoms with E-state index in [2.05, 4.69) is 46.8 Å².